The van der Waals surface area contributed by atoms with Crippen LogP contribution in [0.1, 0.15) is 27.2 Å². The molecule has 1 aliphatic rings. The van der Waals surface area contributed by atoms with Crippen LogP contribution in [-0.2, 0) is 9.53 Å². The van der Waals surface area contributed by atoms with Gasteiger partial charge in [-0.1, -0.05) is 6.92 Å². The van der Waals surface area contributed by atoms with Crippen molar-refractivity contribution in [2.45, 2.75) is 45.4 Å². The lowest BCUT2D eigenvalue weighted by Gasteiger charge is -2.38. The third-order valence-corrected chi connectivity index (χ3v) is 2.92. The zero-order valence-corrected chi connectivity index (χ0v) is 9.19. The summed E-state index contributed by atoms with van der Waals surface area (Å²) in [6.45, 7) is 7.20. The maximum absolute atomic E-state index is 11.8. The van der Waals surface area contributed by atoms with Crippen LogP contribution in [0.5, 0.6) is 0 Å². The van der Waals surface area contributed by atoms with Crippen LogP contribution in [0, 0.1) is 0 Å². The van der Waals surface area contributed by atoms with Crippen LogP contribution in [-0.4, -0.2) is 42.1 Å². The van der Waals surface area contributed by atoms with Crippen LogP contribution < -0.4 is 5.73 Å². The number of nitrogens with two attached hydrogens (primary N) is 1. The predicted molar refractivity (Wildman–Crippen MR) is 54.9 cm³/mol. The number of amides is 1. The molecule has 0 unspecified atom stereocenters. The second-order valence-corrected chi connectivity index (χ2v) is 3.86. The van der Waals surface area contributed by atoms with Crippen LogP contribution in [0.15, 0.2) is 0 Å². The molecule has 14 heavy (non-hydrogen) atoms. The number of ether oxygens (including phenoxy) is 1. The first-order valence-corrected chi connectivity index (χ1v) is 5.25. The second kappa shape index (κ2) is 4.75. The summed E-state index contributed by atoms with van der Waals surface area (Å²) in [4.78, 5) is 13.7. The molecule has 1 amide bonds. The van der Waals surface area contributed by atoms with E-state index in [1.165, 1.54) is 0 Å². The van der Waals surface area contributed by atoms with Crippen molar-refractivity contribution >= 4 is 5.91 Å². The van der Waals surface area contributed by atoms with Crippen molar-refractivity contribution in [2.75, 3.05) is 13.2 Å². The van der Waals surface area contributed by atoms with E-state index >= 15 is 0 Å². The van der Waals surface area contributed by atoms with Crippen molar-refractivity contribution in [3.63, 3.8) is 0 Å². The first kappa shape index (κ1) is 11.5. The molecule has 4 nitrogen and oxygen atoms in total. The molecule has 1 saturated heterocycles. The Bertz CT molecular complexity index is 208. The Morgan fingerprint density at radius 2 is 2.29 bits per heavy atom. The molecule has 0 bridgehead atoms. The van der Waals surface area contributed by atoms with E-state index in [-0.39, 0.29) is 24.1 Å². The van der Waals surface area contributed by atoms with Gasteiger partial charge >= 0.3 is 0 Å². The number of carbonyl (C=O) groups excluding carboxylic acids is 1. The molecule has 1 rings (SSSR count). The van der Waals surface area contributed by atoms with Crippen molar-refractivity contribution in [1.29, 1.82) is 0 Å². The van der Waals surface area contributed by atoms with Crippen LogP contribution in [0.25, 0.3) is 0 Å². The molecule has 0 radical (unpaired) electrons. The molecule has 0 spiro atoms. The number of morpholine rings is 1. The lowest BCUT2D eigenvalue weighted by atomic mass is 10.1. The molecular formula is C10H20N2O2. The average Bonchev–Trinajstić information content (AvgIpc) is 2.20. The van der Waals surface area contributed by atoms with Crippen LogP contribution >= 0.6 is 0 Å². The molecule has 0 aliphatic carbocycles. The first-order valence-electron chi connectivity index (χ1n) is 5.25. The summed E-state index contributed by atoms with van der Waals surface area (Å²) in [6.07, 6.45) is 0.800. The number of hydrogen-bond acceptors (Lipinski definition) is 3. The maximum atomic E-state index is 11.8. The lowest BCUT2D eigenvalue weighted by molar-refractivity contribution is -0.145. The van der Waals surface area contributed by atoms with E-state index in [1.54, 1.807) is 0 Å². The highest BCUT2D eigenvalue weighted by Crippen LogP contribution is 2.14. The number of carbonyl (C=O) groups is 1. The number of nitrogens with zero attached hydrogens (tertiary/aromatic N) is 1. The van der Waals surface area contributed by atoms with E-state index in [0.717, 1.165) is 0 Å². The van der Waals surface area contributed by atoms with Crippen LogP contribution in [0.4, 0.5) is 0 Å². The van der Waals surface area contributed by atoms with Gasteiger partial charge in [0.05, 0.1) is 24.8 Å². The van der Waals surface area contributed by atoms with Gasteiger partial charge in [0.1, 0.15) is 0 Å². The lowest BCUT2D eigenvalue weighted by Crippen LogP contribution is -2.55. The minimum absolute atomic E-state index is 0.0511. The van der Waals surface area contributed by atoms with E-state index < -0.39 is 0 Å². The molecule has 1 heterocycles. The minimum Gasteiger partial charge on any atom is -0.375 e. The van der Waals surface area contributed by atoms with Gasteiger partial charge in [-0.15, -0.1) is 0 Å². The predicted octanol–water partition coefficient (Wildman–Crippen LogP) is 0.360. The molecule has 2 N–H and O–H groups in total. The van der Waals surface area contributed by atoms with Gasteiger partial charge in [0, 0.05) is 6.54 Å². The SMILES string of the molecule is CC[C@H](N)C(=O)N1CCO[C@H](C)[C@@H]1C. The van der Waals surface area contributed by atoms with E-state index in [4.69, 9.17) is 10.5 Å². The van der Waals surface area contributed by atoms with E-state index in [0.29, 0.717) is 19.6 Å². The first-order chi connectivity index (χ1) is 6.57. The van der Waals surface area contributed by atoms with E-state index in [1.807, 2.05) is 25.7 Å². The normalized spacial score (nSPS) is 30.1. The summed E-state index contributed by atoms with van der Waals surface area (Å²) in [5, 5.41) is 0. The molecule has 3 atom stereocenters. The van der Waals surface area contributed by atoms with Crippen molar-refractivity contribution in [1.82, 2.24) is 4.90 Å². The minimum atomic E-state index is -0.359. The zero-order valence-electron chi connectivity index (χ0n) is 9.19. The molecule has 82 valence electrons. The fourth-order valence-electron chi connectivity index (χ4n) is 1.63. The van der Waals surface area contributed by atoms with Crippen LogP contribution in [0.2, 0.25) is 0 Å². The van der Waals surface area contributed by atoms with Gasteiger partial charge in [-0.2, -0.15) is 0 Å². The Balaban J connectivity index is 2.62. The van der Waals surface area contributed by atoms with E-state index in [9.17, 15) is 4.79 Å². The highest BCUT2D eigenvalue weighted by Gasteiger charge is 2.30. The molecule has 0 aromatic heterocycles. The monoisotopic (exact) mass is 200 g/mol. The summed E-state index contributed by atoms with van der Waals surface area (Å²) >= 11 is 0. The summed E-state index contributed by atoms with van der Waals surface area (Å²) in [6, 6.07) is -0.225. The summed E-state index contributed by atoms with van der Waals surface area (Å²) < 4.78 is 5.45. The summed E-state index contributed by atoms with van der Waals surface area (Å²) in [5.41, 5.74) is 5.72. The fourth-order valence-corrected chi connectivity index (χ4v) is 1.63. The summed E-state index contributed by atoms with van der Waals surface area (Å²) in [7, 11) is 0. The molecule has 1 fully saturated rings. The molecular weight excluding hydrogens is 180 g/mol. The fraction of sp³-hybridized carbons (Fsp3) is 0.900. The van der Waals surface area contributed by atoms with Gasteiger partial charge in [-0.25, -0.2) is 0 Å². The van der Waals surface area contributed by atoms with Gasteiger partial charge in [-0.05, 0) is 20.3 Å². The Morgan fingerprint density at radius 3 is 2.86 bits per heavy atom. The van der Waals surface area contributed by atoms with Crippen molar-refractivity contribution in [2.24, 2.45) is 5.73 Å². The Kier molecular flexibility index (Phi) is 3.89. The summed E-state index contributed by atoms with van der Waals surface area (Å²) in [5.74, 6) is 0.0511. The van der Waals surface area contributed by atoms with Gasteiger partial charge in [0.25, 0.3) is 0 Å². The second-order valence-electron chi connectivity index (χ2n) is 3.86. The van der Waals surface area contributed by atoms with Gasteiger partial charge < -0.3 is 15.4 Å². The van der Waals surface area contributed by atoms with Crippen molar-refractivity contribution in [3.05, 3.63) is 0 Å². The Morgan fingerprint density at radius 1 is 1.64 bits per heavy atom. The number of hydrogen-bond donors (Lipinski definition) is 1. The topological polar surface area (TPSA) is 55.6 Å². The highest BCUT2D eigenvalue weighted by atomic mass is 16.5. The molecule has 4 heteroatoms. The Hall–Kier alpha value is -0.610. The standard InChI is InChI=1S/C10H20N2O2/c1-4-9(11)10(13)12-5-6-14-8(3)7(12)2/h7-9H,4-6,11H2,1-3H3/t7-,8+,9-/m0/s1. The highest BCUT2D eigenvalue weighted by molar-refractivity contribution is 5.82. The van der Waals surface area contributed by atoms with Gasteiger partial charge in [0.15, 0.2) is 0 Å². The van der Waals surface area contributed by atoms with Crippen molar-refractivity contribution < 1.29 is 9.53 Å². The van der Waals surface area contributed by atoms with Crippen LogP contribution in [0.3, 0.4) is 0 Å². The van der Waals surface area contributed by atoms with Gasteiger partial charge in [-0.3, -0.25) is 4.79 Å². The third kappa shape index (κ3) is 2.25. The largest absolute Gasteiger partial charge is 0.375 e. The number of rotatable bonds is 2. The zero-order chi connectivity index (χ0) is 10.7. The molecule has 0 saturated carbocycles. The van der Waals surface area contributed by atoms with E-state index in [2.05, 4.69) is 0 Å². The Labute approximate surface area is 85.4 Å². The van der Waals surface area contributed by atoms with Gasteiger partial charge in [0.2, 0.25) is 5.91 Å². The quantitative estimate of drug-likeness (QED) is 0.700. The smallest absolute Gasteiger partial charge is 0.239 e. The maximum Gasteiger partial charge on any atom is 0.239 e. The molecule has 0 aromatic carbocycles. The molecule has 0 aromatic rings. The van der Waals surface area contributed by atoms with Crippen molar-refractivity contribution in [3.8, 4) is 0 Å². The molecule has 1 aliphatic heterocycles. The third-order valence-electron chi connectivity index (χ3n) is 2.92. The average molecular weight is 200 g/mol.